The first-order valence-electron chi connectivity index (χ1n) is 10.2. The number of likely N-dealkylation sites (tertiary alicyclic amines) is 1. The van der Waals surface area contributed by atoms with E-state index in [-0.39, 0.29) is 17.8 Å². The molecule has 3 heterocycles. The van der Waals surface area contributed by atoms with Crippen molar-refractivity contribution in [1.29, 1.82) is 0 Å². The smallest absolute Gasteiger partial charge is 0.266 e. The summed E-state index contributed by atoms with van der Waals surface area (Å²) < 4.78 is 13.4. The Hall–Kier alpha value is -2.58. The van der Waals surface area contributed by atoms with E-state index >= 15 is 0 Å². The number of carbonyl (C=O) groups is 1. The number of nitrogens with zero attached hydrogens (tertiary/aromatic N) is 4. The van der Waals surface area contributed by atoms with Crippen molar-refractivity contribution in [2.24, 2.45) is 5.92 Å². The third-order valence-corrected chi connectivity index (χ3v) is 6.68. The Morgan fingerprint density at radius 1 is 1.29 bits per heavy atom. The van der Waals surface area contributed by atoms with Crippen molar-refractivity contribution in [1.82, 2.24) is 19.9 Å². The summed E-state index contributed by atoms with van der Waals surface area (Å²) in [6, 6.07) is 7.70. The van der Waals surface area contributed by atoms with Crippen LogP contribution in [0.5, 0.6) is 0 Å². The Balaban J connectivity index is 1.59. The minimum atomic E-state index is -0.317. The fourth-order valence-corrected chi connectivity index (χ4v) is 4.97. The van der Waals surface area contributed by atoms with Gasteiger partial charge in [-0.25, -0.2) is 19.3 Å². The first-order valence-corrected chi connectivity index (χ1v) is 11.4. The Morgan fingerprint density at radius 2 is 2.06 bits per heavy atom. The number of carbonyl (C=O) groups excluding carboxylic acids is 1. The van der Waals surface area contributed by atoms with Crippen LogP contribution < -0.4 is 5.32 Å². The second kappa shape index (κ2) is 9.28. The number of aromatic nitrogens is 3. The third kappa shape index (κ3) is 4.85. The van der Waals surface area contributed by atoms with E-state index in [1.54, 1.807) is 24.4 Å². The fraction of sp³-hybridized carbons (Fsp3) is 0.364. The predicted octanol–water partition coefficient (Wildman–Crippen LogP) is 5.05. The second-order valence-corrected chi connectivity index (χ2v) is 9.28. The maximum atomic E-state index is 13.6. The van der Waals surface area contributed by atoms with Crippen LogP contribution in [-0.2, 0) is 0 Å². The molecule has 4 rings (SSSR count). The van der Waals surface area contributed by atoms with E-state index in [2.05, 4.69) is 27.2 Å². The highest BCUT2D eigenvalue weighted by molar-refractivity contribution is 7.14. The van der Waals surface area contributed by atoms with Crippen LogP contribution in [0.15, 0.2) is 36.5 Å². The summed E-state index contributed by atoms with van der Waals surface area (Å²) in [7, 11) is 0. The molecule has 2 atom stereocenters. The number of amides is 1. The number of halogens is 2. The molecule has 3 aromatic rings. The van der Waals surface area contributed by atoms with E-state index in [1.807, 2.05) is 11.8 Å². The minimum Gasteiger partial charge on any atom is -0.352 e. The average Bonchev–Trinajstić information content (AvgIpc) is 3.14. The number of hydrogen-bond acceptors (Lipinski definition) is 6. The normalized spacial score (nSPS) is 18.8. The number of hydrogen-bond donors (Lipinski definition) is 1. The highest BCUT2D eigenvalue weighted by Gasteiger charge is 2.34. The van der Waals surface area contributed by atoms with Crippen LogP contribution >= 0.6 is 22.9 Å². The molecular weight excluding hydrogens is 437 g/mol. The lowest BCUT2D eigenvalue weighted by Crippen LogP contribution is -2.51. The van der Waals surface area contributed by atoms with Gasteiger partial charge < -0.3 is 10.2 Å². The monoisotopic (exact) mass is 459 g/mol. The molecule has 1 N–H and O–H groups in total. The average molecular weight is 460 g/mol. The maximum absolute atomic E-state index is 13.6. The number of rotatable bonds is 5. The summed E-state index contributed by atoms with van der Waals surface area (Å²) in [5.74, 6) is 0.393. The SMILES string of the molecule is Cc1nc(-c2ccc(F)cc2)c(C(=O)N2CCCC(C)C2CNc2nccc(Cl)n2)s1. The molecule has 1 aromatic carbocycles. The van der Waals surface area contributed by atoms with Gasteiger partial charge in [-0.15, -0.1) is 11.3 Å². The number of nitrogens with one attached hydrogen (secondary N) is 1. The van der Waals surface area contributed by atoms with Crippen molar-refractivity contribution in [3.05, 3.63) is 57.4 Å². The van der Waals surface area contributed by atoms with Crippen LogP contribution in [0.4, 0.5) is 10.3 Å². The van der Waals surface area contributed by atoms with Gasteiger partial charge in [0.2, 0.25) is 5.95 Å². The van der Waals surface area contributed by atoms with E-state index in [0.717, 1.165) is 23.4 Å². The molecule has 1 amide bonds. The van der Waals surface area contributed by atoms with E-state index in [9.17, 15) is 9.18 Å². The molecule has 6 nitrogen and oxygen atoms in total. The summed E-state index contributed by atoms with van der Waals surface area (Å²) in [5, 5.41) is 4.39. The van der Waals surface area contributed by atoms with Crippen LogP contribution in [0, 0.1) is 18.7 Å². The number of thiazole rings is 1. The Labute approximate surface area is 189 Å². The van der Waals surface area contributed by atoms with Gasteiger partial charge in [-0.05, 0) is 56.0 Å². The lowest BCUT2D eigenvalue weighted by molar-refractivity contribution is 0.0545. The zero-order chi connectivity index (χ0) is 22.0. The van der Waals surface area contributed by atoms with Crippen molar-refractivity contribution >= 4 is 34.8 Å². The minimum absolute atomic E-state index is 0.0210. The molecule has 1 fully saturated rings. The van der Waals surface area contributed by atoms with Crippen LogP contribution in [0.3, 0.4) is 0 Å². The van der Waals surface area contributed by atoms with Crippen LogP contribution in [0.1, 0.15) is 34.4 Å². The van der Waals surface area contributed by atoms with E-state index < -0.39 is 0 Å². The number of piperidine rings is 1. The molecule has 2 unspecified atom stereocenters. The quantitative estimate of drug-likeness (QED) is 0.540. The van der Waals surface area contributed by atoms with Gasteiger partial charge in [0.25, 0.3) is 5.91 Å². The summed E-state index contributed by atoms with van der Waals surface area (Å²) in [6.45, 7) is 5.23. The molecule has 9 heteroatoms. The number of benzene rings is 1. The lowest BCUT2D eigenvalue weighted by Gasteiger charge is -2.40. The van der Waals surface area contributed by atoms with Crippen LogP contribution in [-0.4, -0.2) is 44.9 Å². The van der Waals surface area contributed by atoms with Gasteiger partial charge in [-0.3, -0.25) is 4.79 Å². The molecule has 1 aliphatic heterocycles. The lowest BCUT2D eigenvalue weighted by atomic mass is 9.90. The fourth-order valence-electron chi connectivity index (χ4n) is 3.94. The largest absolute Gasteiger partial charge is 0.352 e. The molecule has 0 saturated carbocycles. The van der Waals surface area contributed by atoms with Crippen molar-refractivity contribution in [3.8, 4) is 11.3 Å². The molecule has 0 radical (unpaired) electrons. The molecule has 162 valence electrons. The summed E-state index contributed by atoms with van der Waals surface area (Å²) in [4.78, 5) is 29.1. The topological polar surface area (TPSA) is 71.0 Å². The van der Waals surface area contributed by atoms with E-state index in [4.69, 9.17) is 11.6 Å². The van der Waals surface area contributed by atoms with Gasteiger partial charge >= 0.3 is 0 Å². The van der Waals surface area contributed by atoms with Crippen LogP contribution in [0.25, 0.3) is 11.3 Å². The zero-order valence-electron chi connectivity index (χ0n) is 17.3. The molecular formula is C22H23ClFN5OS. The predicted molar refractivity (Wildman–Crippen MR) is 121 cm³/mol. The molecule has 2 aromatic heterocycles. The first kappa shape index (κ1) is 21.6. The van der Waals surface area contributed by atoms with E-state index in [0.29, 0.717) is 40.7 Å². The highest BCUT2D eigenvalue weighted by Crippen LogP contribution is 2.32. The Bertz CT molecular complexity index is 1070. The summed E-state index contributed by atoms with van der Waals surface area (Å²) in [5.41, 5.74) is 1.34. The van der Waals surface area contributed by atoms with Crippen molar-refractivity contribution in [2.75, 3.05) is 18.4 Å². The molecule has 31 heavy (non-hydrogen) atoms. The van der Waals surface area contributed by atoms with Gasteiger partial charge in [0, 0.05) is 24.8 Å². The standard InChI is InChI=1S/C22H23ClFN5OS/c1-13-4-3-11-29(17(13)12-26-22-25-10-9-18(23)28-22)21(30)20-19(27-14(2)31-20)15-5-7-16(24)8-6-15/h5-10,13,17H,3-4,11-12H2,1-2H3,(H,25,26,28). The molecule has 0 aliphatic carbocycles. The second-order valence-electron chi connectivity index (χ2n) is 7.69. The van der Waals surface area contributed by atoms with Crippen molar-refractivity contribution in [2.45, 2.75) is 32.7 Å². The van der Waals surface area contributed by atoms with Gasteiger partial charge in [-0.2, -0.15) is 0 Å². The van der Waals surface area contributed by atoms with Gasteiger partial charge in [0.1, 0.15) is 15.8 Å². The van der Waals surface area contributed by atoms with Crippen molar-refractivity contribution < 1.29 is 9.18 Å². The van der Waals surface area contributed by atoms with Crippen LogP contribution in [0.2, 0.25) is 5.15 Å². The van der Waals surface area contributed by atoms with Gasteiger partial charge in [0.05, 0.1) is 16.7 Å². The maximum Gasteiger partial charge on any atom is 0.266 e. The number of aryl methyl sites for hydroxylation is 1. The number of anilines is 1. The summed E-state index contributed by atoms with van der Waals surface area (Å²) >= 11 is 7.33. The third-order valence-electron chi connectivity index (χ3n) is 5.51. The van der Waals surface area contributed by atoms with E-state index in [1.165, 1.54) is 23.5 Å². The molecule has 1 aliphatic rings. The Morgan fingerprint density at radius 3 is 2.81 bits per heavy atom. The first-order chi connectivity index (χ1) is 14.9. The molecule has 1 saturated heterocycles. The summed E-state index contributed by atoms with van der Waals surface area (Å²) in [6.07, 6.45) is 3.58. The highest BCUT2D eigenvalue weighted by atomic mass is 35.5. The molecule has 0 bridgehead atoms. The van der Waals surface area contributed by atoms with Gasteiger partial charge in [0.15, 0.2) is 0 Å². The molecule has 0 spiro atoms. The zero-order valence-corrected chi connectivity index (χ0v) is 18.9. The van der Waals surface area contributed by atoms with Gasteiger partial charge in [-0.1, -0.05) is 18.5 Å². The van der Waals surface area contributed by atoms with Crippen molar-refractivity contribution in [3.63, 3.8) is 0 Å². The Kier molecular flexibility index (Phi) is 6.48.